The highest BCUT2D eigenvalue weighted by molar-refractivity contribution is 6.31. The Hall–Kier alpha value is -1.98. The number of aromatic nitrogens is 3. The Morgan fingerprint density at radius 1 is 1.28 bits per heavy atom. The van der Waals surface area contributed by atoms with Gasteiger partial charge in [-0.15, -0.1) is 4.73 Å². The van der Waals surface area contributed by atoms with Gasteiger partial charge in [0, 0.05) is 29.3 Å². The Labute approximate surface area is 156 Å². The number of nitrogens with zero attached hydrogens (tertiary/aromatic N) is 2. The van der Waals surface area contributed by atoms with E-state index in [2.05, 4.69) is 9.97 Å². The lowest BCUT2D eigenvalue weighted by Gasteiger charge is -2.13. The number of halogens is 2. The molecule has 0 spiro atoms. The average molecular weight is 380 g/mol. The summed E-state index contributed by atoms with van der Waals surface area (Å²) in [6, 6.07) is 7.79. The maximum Gasteiger partial charge on any atom is 0.402 e. The Balaban J connectivity index is 2.09. The predicted octanol–water partition coefficient (Wildman–Crippen LogP) is 4.30. The summed E-state index contributed by atoms with van der Waals surface area (Å²) in [4.78, 5) is 7.56. The van der Waals surface area contributed by atoms with Gasteiger partial charge in [-0.3, -0.25) is 0 Å². The first-order valence-electron chi connectivity index (χ1n) is 8.02. The highest BCUT2D eigenvalue weighted by atomic mass is 35.5. The first-order valence-corrected chi connectivity index (χ1v) is 8.77. The van der Waals surface area contributed by atoms with E-state index in [-0.39, 0.29) is 17.0 Å². The number of benzene rings is 1. The van der Waals surface area contributed by atoms with Crippen LogP contribution in [0.3, 0.4) is 0 Å². The molecule has 5 nitrogen and oxygen atoms in total. The molecule has 0 amide bonds. The summed E-state index contributed by atoms with van der Waals surface area (Å²) in [6.07, 6.45) is 0.871. The van der Waals surface area contributed by atoms with Crippen molar-refractivity contribution in [2.24, 2.45) is 5.92 Å². The van der Waals surface area contributed by atoms with Crippen LogP contribution in [0.5, 0.6) is 5.88 Å². The van der Waals surface area contributed by atoms with Crippen molar-refractivity contribution < 1.29 is 9.47 Å². The largest absolute Gasteiger partial charge is 0.616 e. The first kappa shape index (κ1) is 17.8. The fourth-order valence-electron chi connectivity index (χ4n) is 2.93. The summed E-state index contributed by atoms with van der Waals surface area (Å²) in [5.74, 6) is 0.430. The highest BCUT2D eigenvalue weighted by Crippen LogP contribution is 2.30. The molecular formula is C18H19Cl2N3O2. The van der Waals surface area contributed by atoms with Crippen LogP contribution in [-0.4, -0.2) is 17.1 Å². The van der Waals surface area contributed by atoms with E-state index in [0.29, 0.717) is 29.4 Å². The van der Waals surface area contributed by atoms with Crippen LogP contribution in [0.4, 0.5) is 0 Å². The molecule has 132 valence electrons. The molecule has 0 saturated heterocycles. The zero-order valence-corrected chi connectivity index (χ0v) is 15.8. The van der Waals surface area contributed by atoms with E-state index < -0.39 is 0 Å². The minimum atomic E-state index is 0.154. The van der Waals surface area contributed by atoms with Crippen molar-refractivity contribution in [3.63, 3.8) is 0 Å². The lowest BCUT2D eigenvalue weighted by atomic mass is 10.1. The molecular weight excluding hydrogens is 361 g/mol. The van der Waals surface area contributed by atoms with Crippen LogP contribution in [-0.2, 0) is 12.8 Å². The van der Waals surface area contributed by atoms with Crippen molar-refractivity contribution in [2.75, 3.05) is 7.11 Å². The summed E-state index contributed by atoms with van der Waals surface area (Å²) in [7, 11) is 1.46. The molecule has 0 atom stereocenters. The molecule has 2 aromatic heterocycles. The van der Waals surface area contributed by atoms with E-state index in [9.17, 15) is 5.21 Å². The van der Waals surface area contributed by atoms with Crippen molar-refractivity contribution in [1.29, 1.82) is 0 Å². The zero-order valence-electron chi connectivity index (χ0n) is 14.3. The van der Waals surface area contributed by atoms with Crippen molar-refractivity contribution in [3.8, 4) is 5.88 Å². The maximum absolute atomic E-state index is 12.7. The summed E-state index contributed by atoms with van der Waals surface area (Å²) in [6.45, 7) is 4.03. The second-order valence-electron chi connectivity index (χ2n) is 6.34. The number of rotatable bonds is 5. The number of hydrogen-bond donors (Lipinski definition) is 1. The van der Waals surface area contributed by atoms with E-state index in [1.54, 1.807) is 0 Å². The molecule has 7 heteroatoms. The van der Waals surface area contributed by atoms with Crippen molar-refractivity contribution in [3.05, 3.63) is 56.7 Å². The first-order chi connectivity index (χ1) is 11.9. The second kappa shape index (κ2) is 7.10. The monoisotopic (exact) mass is 379 g/mol. The molecule has 1 N–H and O–H groups in total. The van der Waals surface area contributed by atoms with Gasteiger partial charge in [-0.05, 0) is 12.0 Å². The normalized spacial score (nSPS) is 11.4. The third kappa shape index (κ3) is 3.39. The van der Waals surface area contributed by atoms with E-state index in [1.165, 1.54) is 7.11 Å². The lowest BCUT2D eigenvalue weighted by Crippen LogP contribution is -2.37. The van der Waals surface area contributed by atoms with Gasteiger partial charge in [-0.1, -0.05) is 55.2 Å². The van der Waals surface area contributed by atoms with Crippen molar-refractivity contribution in [2.45, 2.75) is 26.7 Å². The molecule has 0 fully saturated rings. The maximum atomic E-state index is 12.7. The number of nitrogens with one attached hydrogen (secondary N) is 1. The zero-order chi connectivity index (χ0) is 18.1. The topological polar surface area (TPSA) is 64.8 Å². The van der Waals surface area contributed by atoms with Crippen LogP contribution in [0.1, 0.15) is 30.8 Å². The third-order valence-electron chi connectivity index (χ3n) is 4.05. The van der Waals surface area contributed by atoms with Crippen LogP contribution >= 0.6 is 23.2 Å². The predicted molar refractivity (Wildman–Crippen MR) is 99.4 cm³/mol. The van der Waals surface area contributed by atoms with Gasteiger partial charge in [0.05, 0.1) is 7.11 Å². The van der Waals surface area contributed by atoms with Gasteiger partial charge in [0.15, 0.2) is 10.8 Å². The van der Waals surface area contributed by atoms with Crippen LogP contribution in [0, 0.1) is 11.1 Å². The number of fused-ring (bicyclic) bond motifs is 1. The molecule has 3 aromatic rings. The van der Waals surface area contributed by atoms with Gasteiger partial charge in [0.1, 0.15) is 5.15 Å². The molecule has 0 aliphatic carbocycles. The van der Waals surface area contributed by atoms with Gasteiger partial charge in [-0.25, -0.2) is 4.98 Å². The molecule has 0 radical (unpaired) electrons. The Morgan fingerprint density at radius 2 is 2.00 bits per heavy atom. The van der Waals surface area contributed by atoms with E-state index >= 15 is 0 Å². The van der Waals surface area contributed by atoms with Gasteiger partial charge < -0.3 is 14.9 Å². The van der Waals surface area contributed by atoms with E-state index in [0.717, 1.165) is 21.2 Å². The lowest BCUT2D eigenvalue weighted by molar-refractivity contribution is -0.621. The molecule has 3 rings (SSSR count). The number of ether oxygens (including phenoxy) is 1. The summed E-state index contributed by atoms with van der Waals surface area (Å²) in [5.41, 5.74) is 2.67. The molecule has 0 unspecified atom stereocenters. The third-order valence-corrected chi connectivity index (χ3v) is 4.67. The number of methoxy groups -OCH3 is 1. The summed E-state index contributed by atoms with van der Waals surface area (Å²) in [5, 5.41) is 14.4. The summed E-state index contributed by atoms with van der Waals surface area (Å²) >= 11 is 12.6. The molecule has 25 heavy (non-hydrogen) atoms. The Morgan fingerprint density at radius 3 is 2.68 bits per heavy atom. The Kier molecular flexibility index (Phi) is 5.06. The number of para-hydroxylation sites is 1. The minimum absolute atomic E-state index is 0.154. The fourth-order valence-corrected chi connectivity index (χ4v) is 3.46. The molecule has 0 bridgehead atoms. The fraction of sp³-hybridized carbons (Fsp3) is 0.333. The van der Waals surface area contributed by atoms with Crippen LogP contribution < -0.4 is 9.47 Å². The molecule has 0 aliphatic rings. The minimum Gasteiger partial charge on any atom is -0.616 e. The smallest absolute Gasteiger partial charge is 0.402 e. The molecule has 0 saturated carbocycles. The van der Waals surface area contributed by atoms with Crippen LogP contribution in [0.25, 0.3) is 10.9 Å². The van der Waals surface area contributed by atoms with Crippen molar-refractivity contribution in [1.82, 2.24) is 9.97 Å². The number of H-pyrrole nitrogens is 1. The quantitative estimate of drug-likeness (QED) is 0.530. The number of hydrogen-bond acceptors (Lipinski definition) is 3. The molecule has 0 aliphatic heterocycles. The van der Waals surface area contributed by atoms with Crippen LogP contribution in [0.15, 0.2) is 24.3 Å². The van der Waals surface area contributed by atoms with Gasteiger partial charge in [0.2, 0.25) is 5.69 Å². The van der Waals surface area contributed by atoms with Gasteiger partial charge in [0.25, 0.3) is 0 Å². The second-order valence-corrected chi connectivity index (χ2v) is 7.07. The standard InChI is InChI=1S/C18H19Cl2N3O2/c1-10(2)8-15-17(20)22-14(18(25-3)23(15)24)9-12-11-6-4-5-7-13(11)21-16(12)19/h4-7,10,21H,8-9H2,1-3H3. The Bertz CT molecular complexity index is 922. The van der Waals surface area contributed by atoms with Gasteiger partial charge >= 0.3 is 5.88 Å². The SMILES string of the molecule is COc1c(Cc2c(Cl)[nH]c3ccccc23)nc(Cl)c(CC(C)C)[n+]1[O-]. The average Bonchev–Trinajstić information content (AvgIpc) is 2.87. The van der Waals surface area contributed by atoms with Crippen LogP contribution in [0.2, 0.25) is 10.3 Å². The van der Waals surface area contributed by atoms with E-state index in [1.807, 2.05) is 38.1 Å². The highest BCUT2D eigenvalue weighted by Gasteiger charge is 2.26. The molecule has 1 aromatic carbocycles. The van der Waals surface area contributed by atoms with Crippen molar-refractivity contribution >= 4 is 34.1 Å². The van der Waals surface area contributed by atoms with Gasteiger partial charge in [-0.2, -0.15) is 0 Å². The van der Waals surface area contributed by atoms with E-state index in [4.69, 9.17) is 27.9 Å². The molecule has 2 heterocycles. The summed E-state index contributed by atoms with van der Waals surface area (Å²) < 4.78 is 6.07. The number of aromatic amines is 1.